The minimum absolute atomic E-state index is 0.130. The molecule has 0 spiro atoms. The number of hydrogen-bond acceptors (Lipinski definition) is 3. The Hall–Kier alpha value is -1.13. The third-order valence-corrected chi connectivity index (χ3v) is 0.919. The third kappa shape index (κ3) is 4.30. The van der Waals surface area contributed by atoms with E-state index in [1.807, 2.05) is 0 Å². The molecule has 0 aliphatic carbocycles. The number of alkyl halides is 1. The fraction of sp³-hybridized carbons (Fsp3) is 0.667. The number of esters is 1. The van der Waals surface area contributed by atoms with Crippen molar-refractivity contribution >= 4 is 11.9 Å². The highest BCUT2D eigenvalue weighted by Gasteiger charge is 2.20. The van der Waals surface area contributed by atoms with Crippen LogP contribution in [-0.2, 0) is 14.3 Å². The average Bonchev–Trinajstić information content (AvgIpc) is 1.87. The zero-order valence-corrected chi connectivity index (χ0v) is 6.04. The molecule has 5 heteroatoms. The standard InChI is InChI=1S/C6H9FO4/c1-2-11-5(8)3-4(7)6(9)10/h4H,2-3H2,1H3,(H,9,10). The number of aliphatic carboxylic acids is 1. The van der Waals surface area contributed by atoms with Crippen LogP contribution in [0.2, 0.25) is 0 Å². The van der Waals surface area contributed by atoms with Gasteiger partial charge in [0.2, 0.25) is 6.17 Å². The van der Waals surface area contributed by atoms with Crippen LogP contribution in [0.3, 0.4) is 0 Å². The second-order valence-corrected chi connectivity index (χ2v) is 1.81. The molecule has 0 rings (SSSR count). The molecule has 1 atom stereocenters. The topological polar surface area (TPSA) is 63.6 Å². The van der Waals surface area contributed by atoms with E-state index in [9.17, 15) is 14.0 Å². The van der Waals surface area contributed by atoms with Crippen LogP contribution in [0, 0.1) is 0 Å². The first kappa shape index (κ1) is 9.87. The summed E-state index contributed by atoms with van der Waals surface area (Å²) in [6.45, 7) is 1.69. The molecule has 0 bridgehead atoms. The SMILES string of the molecule is CCOC(=O)CC(F)C(=O)O. The molecule has 1 unspecified atom stereocenters. The summed E-state index contributed by atoms with van der Waals surface area (Å²) >= 11 is 0. The lowest BCUT2D eigenvalue weighted by atomic mass is 10.3. The van der Waals surface area contributed by atoms with E-state index in [1.54, 1.807) is 6.92 Å². The van der Waals surface area contributed by atoms with Gasteiger partial charge in [0.15, 0.2) is 0 Å². The molecule has 4 nitrogen and oxygen atoms in total. The molecule has 0 saturated carbocycles. The van der Waals surface area contributed by atoms with Gasteiger partial charge in [-0.05, 0) is 6.92 Å². The van der Waals surface area contributed by atoms with Gasteiger partial charge in [-0.1, -0.05) is 0 Å². The molecule has 0 amide bonds. The summed E-state index contributed by atoms with van der Waals surface area (Å²) < 4.78 is 16.5. The summed E-state index contributed by atoms with van der Waals surface area (Å²) in [7, 11) is 0. The Bertz CT molecular complexity index is 157. The number of carbonyl (C=O) groups is 2. The summed E-state index contributed by atoms with van der Waals surface area (Å²) in [5, 5.41) is 8.02. The number of carbonyl (C=O) groups excluding carboxylic acids is 1. The van der Waals surface area contributed by atoms with E-state index in [-0.39, 0.29) is 6.61 Å². The molecule has 0 aliphatic rings. The molecule has 1 N–H and O–H groups in total. The van der Waals surface area contributed by atoms with Crippen molar-refractivity contribution in [2.45, 2.75) is 19.5 Å². The van der Waals surface area contributed by atoms with Crippen LogP contribution < -0.4 is 0 Å². The molecule has 11 heavy (non-hydrogen) atoms. The molecule has 0 fully saturated rings. The van der Waals surface area contributed by atoms with Gasteiger partial charge in [-0.15, -0.1) is 0 Å². The number of rotatable bonds is 4. The van der Waals surface area contributed by atoms with Crippen LogP contribution in [0.4, 0.5) is 4.39 Å². The summed E-state index contributed by atoms with van der Waals surface area (Å²) in [6, 6.07) is 0. The largest absolute Gasteiger partial charge is 0.479 e. The average molecular weight is 164 g/mol. The number of halogens is 1. The fourth-order valence-electron chi connectivity index (χ4n) is 0.454. The highest BCUT2D eigenvalue weighted by molar-refractivity contribution is 5.80. The molecule has 0 heterocycles. The molecule has 0 aromatic heterocycles. The quantitative estimate of drug-likeness (QED) is 0.609. The van der Waals surface area contributed by atoms with Gasteiger partial charge in [0.25, 0.3) is 0 Å². The summed E-state index contributed by atoms with van der Waals surface area (Å²) in [5.74, 6) is -2.47. The van der Waals surface area contributed by atoms with Crippen molar-refractivity contribution in [3.63, 3.8) is 0 Å². The summed E-state index contributed by atoms with van der Waals surface area (Å²) in [6.07, 6.45) is -2.88. The minimum atomic E-state index is -2.16. The van der Waals surface area contributed by atoms with Crippen molar-refractivity contribution in [1.29, 1.82) is 0 Å². The van der Waals surface area contributed by atoms with Gasteiger partial charge >= 0.3 is 11.9 Å². The molecule has 0 aromatic rings. The minimum Gasteiger partial charge on any atom is -0.479 e. The molecular weight excluding hydrogens is 155 g/mol. The lowest BCUT2D eigenvalue weighted by Gasteiger charge is -2.01. The maximum Gasteiger partial charge on any atom is 0.338 e. The summed E-state index contributed by atoms with van der Waals surface area (Å²) in [4.78, 5) is 20.3. The Kier molecular flexibility index (Phi) is 4.17. The molecule has 0 aliphatic heterocycles. The zero-order valence-electron chi connectivity index (χ0n) is 6.04. The number of hydrogen-bond donors (Lipinski definition) is 1. The van der Waals surface area contributed by atoms with Crippen molar-refractivity contribution in [2.24, 2.45) is 0 Å². The Morgan fingerprint density at radius 1 is 1.64 bits per heavy atom. The van der Waals surface area contributed by atoms with Crippen LogP contribution in [0.25, 0.3) is 0 Å². The van der Waals surface area contributed by atoms with Gasteiger partial charge in [-0.25, -0.2) is 9.18 Å². The lowest BCUT2D eigenvalue weighted by Crippen LogP contribution is -2.20. The Morgan fingerprint density at radius 3 is 2.55 bits per heavy atom. The normalized spacial score (nSPS) is 12.2. The van der Waals surface area contributed by atoms with Crippen molar-refractivity contribution < 1.29 is 23.8 Å². The fourth-order valence-corrected chi connectivity index (χ4v) is 0.454. The predicted molar refractivity (Wildman–Crippen MR) is 33.8 cm³/mol. The number of ether oxygens (including phenoxy) is 1. The van der Waals surface area contributed by atoms with Crippen molar-refractivity contribution in [3.05, 3.63) is 0 Å². The molecule has 0 radical (unpaired) electrons. The molecule has 0 aromatic carbocycles. The Morgan fingerprint density at radius 2 is 2.18 bits per heavy atom. The van der Waals surface area contributed by atoms with Crippen molar-refractivity contribution in [2.75, 3.05) is 6.61 Å². The Labute approximate surface area is 63.0 Å². The smallest absolute Gasteiger partial charge is 0.338 e. The van der Waals surface area contributed by atoms with Gasteiger partial charge in [-0.2, -0.15) is 0 Å². The van der Waals surface area contributed by atoms with Gasteiger partial charge in [0, 0.05) is 0 Å². The van der Waals surface area contributed by atoms with E-state index in [2.05, 4.69) is 4.74 Å². The van der Waals surface area contributed by atoms with Gasteiger partial charge in [-0.3, -0.25) is 4.79 Å². The number of carboxylic acids is 1. The van der Waals surface area contributed by atoms with E-state index < -0.39 is 24.5 Å². The highest BCUT2D eigenvalue weighted by Crippen LogP contribution is 1.99. The van der Waals surface area contributed by atoms with Crippen LogP contribution in [0.5, 0.6) is 0 Å². The second kappa shape index (κ2) is 4.65. The maximum atomic E-state index is 12.2. The van der Waals surface area contributed by atoms with Gasteiger partial charge in [0.05, 0.1) is 13.0 Å². The molecular formula is C6H9FO4. The van der Waals surface area contributed by atoms with Crippen molar-refractivity contribution in [3.8, 4) is 0 Å². The highest BCUT2D eigenvalue weighted by atomic mass is 19.1. The zero-order chi connectivity index (χ0) is 8.85. The van der Waals surface area contributed by atoms with E-state index in [4.69, 9.17) is 5.11 Å². The Balaban J connectivity index is 3.66. The van der Waals surface area contributed by atoms with Crippen LogP contribution in [0.1, 0.15) is 13.3 Å². The first-order chi connectivity index (χ1) is 5.07. The van der Waals surface area contributed by atoms with E-state index in [1.165, 1.54) is 0 Å². The first-order valence-corrected chi connectivity index (χ1v) is 3.10. The van der Waals surface area contributed by atoms with Gasteiger partial charge < -0.3 is 9.84 Å². The van der Waals surface area contributed by atoms with Crippen LogP contribution in [-0.4, -0.2) is 29.8 Å². The number of carboxylic acid groups (broad SMARTS) is 1. The first-order valence-electron chi connectivity index (χ1n) is 3.10. The summed E-state index contributed by atoms with van der Waals surface area (Å²) in [5.41, 5.74) is 0. The van der Waals surface area contributed by atoms with Gasteiger partial charge in [0.1, 0.15) is 0 Å². The van der Waals surface area contributed by atoms with Crippen LogP contribution in [0.15, 0.2) is 0 Å². The molecule has 0 saturated heterocycles. The van der Waals surface area contributed by atoms with E-state index in [0.29, 0.717) is 0 Å². The lowest BCUT2D eigenvalue weighted by molar-refractivity contribution is -0.152. The van der Waals surface area contributed by atoms with E-state index >= 15 is 0 Å². The molecule has 64 valence electrons. The van der Waals surface area contributed by atoms with Crippen LogP contribution >= 0.6 is 0 Å². The third-order valence-electron chi connectivity index (χ3n) is 0.919. The monoisotopic (exact) mass is 164 g/mol. The van der Waals surface area contributed by atoms with E-state index in [0.717, 1.165) is 0 Å². The van der Waals surface area contributed by atoms with Crippen molar-refractivity contribution in [1.82, 2.24) is 0 Å². The maximum absolute atomic E-state index is 12.2. The predicted octanol–water partition coefficient (Wildman–Crippen LogP) is 0.362. The second-order valence-electron chi connectivity index (χ2n) is 1.81.